The third kappa shape index (κ3) is 11.8. The molecule has 6 heteroatoms. The van der Waals surface area contributed by atoms with Gasteiger partial charge in [-0.05, 0) is 133 Å². The van der Waals surface area contributed by atoms with Gasteiger partial charge >= 0.3 is 0 Å². The van der Waals surface area contributed by atoms with Crippen molar-refractivity contribution in [2.45, 2.75) is 198 Å². The lowest BCUT2D eigenvalue weighted by molar-refractivity contribution is -0.115. The number of carbonyl (C=O) groups is 1. The van der Waals surface area contributed by atoms with Crippen LogP contribution in [0.3, 0.4) is 0 Å². The maximum absolute atomic E-state index is 11.8. The van der Waals surface area contributed by atoms with Crippen LogP contribution in [0.15, 0.2) is 121 Å². The van der Waals surface area contributed by atoms with E-state index >= 15 is 0 Å². The number of carbonyl (C=O) groups excluding carboxylic acids is 1. The molecule has 4 nitrogen and oxygen atoms in total. The minimum atomic E-state index is -2.59. The van der Waals surface area contributed by atoms with Crippen molar-refractivity contribution in [2.24, 2.45) is 57.2 Å². The molecule has 0 radical (unpaired) electrons. The van der Waals surface area contributed by atoms with Crippen molar-refractivity contribution in [1.29, 1.82) is 0 Å². The number of aliphatic hydroxyl groups excluding tert-OH is 1. The quantitative estimate of drug-likeness (QED) is 0.0708. The van der Waals surface area contributed by atoms with E-state index in [-0.39, 0.29) is 49.9 Å². The van der Waals surface area contributed by atoms with Gasteiger partial charge in [0.15, 0.2) is 0 Å². The summed E-state index contributed by atoms with van der Waals surface area (Å²) in [6.45, 7) is 43.0. The Bertz CT molecular complexity index is 2170. The van der Waals surface area contributed by atoms with Crippen molar-refractivity contribution < 1.29 is 18.8 Å². The van der Waals surface area contributed by atoms with E-state index in [0.717, 1.165) is 44.9 Å². The van der Waals surface area contributed by atoms with Crippen molar-refractivity contribution in [3.63, 3.8) is 0 Å². The van der Waals surface area contributed by atoms with Crippen LogP contribution in [0, 0.1) is 57.2 Å². The molecule has 2 aliphatic rings. The highest BCUT2D eigenvalue weighted by molar-refractivity contribution is 7.00. The van der Waals surface area contributed by atoms with Crippen molar-refractivity contribution in [3.05, 3.63) is 121 Å². The standard InChI is InChI=1S/C33H52O2Si.C33H50O2Si/c2*1-25(2)30(21-20-26(3)33(9)23-22-27(24-34)32(33,7)8)35-36(31(4,5)6,28-16-12-10-13-17-28)29-18-14-11-15-19-29/h10-19,25-27,30,34H,20-24H2,1-9H3;10-19,24-27,30H,20-23H2,1-9H3/t2*26-,27-,30-,33+/m00/s1. The topological polar surface area (TPSA) is 55.8 Å². The molecule has 0 unspecified atom stereocenters. The van der Waals surface area contributed by atoms with Crippen LogP contribution in [0.2, 0.25) is 10.1 Å². The molecule has 398 valence electrons. The Balaban J connectivity index is 0.000000267. The van der Waals surface area contributed by atoms with Gasteiger partial charge in [0, 0.05) is 24.7 Å². The third-order valence-corrected chi connectivity index (χ3v) is 30.3. The molecule has 8 atom stereocenters. The predicted octanol–water partition coefficient (Wildman–Crippen LogP) is 15.1. The molecule has 72 heavy (non-hydrogen) atoms. The van der Waals surface area contributed by atoms with Gasteiger partial charge in [0.05, 0.1) is 0 Å². The Kier molecular flexibility index (Phi) is 19.8. The highest BCUT2D eigenvalue weighted by Crippen LogP contribution is 2.61. The lowest BCUT2D eigenvalue weighted by atomic mass is 9.59. The molecule has 4 aromatic rings. The fourth-order valence-corrected chi connectivity index (χ4v) is 23.6. The molecular formula is C66H102O4Si2. The highest BCUT2D eigenvalue weighted by Gasteiger charge is 2.57. The van der Waals surface area contributed by atoms with Crippen molar-refractivity contribution >= 4 is 43.7 Å². The van der Waals surface area contributed by atoms with E-state index in [1.165, 1.54) is 33.5 Å². The van der Waals surface area contributed by atoms with Crippen molar-refractivity contribution in [3.8, 4) is 0 Å². The van der Waals surface area contributed by atoms with Gasteiger partial charge in [0.1, 0.15) is 6.29 Å². The lowest BCUT2D eigenvalue weighted by Gasteiger charge is -2.48. The fourth-order valence-electron chi connectivity index (χ4n) is 13.9. The highest BCUT2D eigenvalue weighted by atomic mass is 28.4. The Morgan fingerprint density at radius 1 is 0.514 bits per heavy atom. The van der Waals surface area contributed by atoms with Crippen LogP contribution in [0.4, 0.5) is 0 Å². The van der Waals surface area contributed by atoms with E-state index < -0.39 is 16.6 Å². The second-order valence-electron chi connectivity index (χ2n) is 27.1. The Morgan fingerprint density at radius 2 is 0.819 bits per heavy atom. The zero-order chi connectivity index (χ0) is 53.6. The average Bonchev–Trinajstić information content (AvgIpc) is 3.73. The molecule has 2 fully saturated rings. The van der Waals surface area contributed by atoms with Gasteiger partial charge < -0.3 is 18.8 Å². The number of aldehydes is 1. The SMILES string of the molecule is CC(C)[C@H](CC[C@H](C)[C@@]1(C)CC[C@@H](C=O)C1(C)C)O[Si](c1ccccc1)(c1ccccc1)C(C)(C)C.CC(C)[C@H](CC[C@H](C)[C@@]1(C)CC[C@@H](CO)C1(C)C)O[Si](c1ccccc1)(c1ccccc1)C(C)(C)C. The summed E-state index contributed by atoms with van der Waals surface area (Å²) in [5.74, 6) is 2.53. The summed E-state index contributed by atoms with van der Waals surface area (Å²) in [6.07, 6.45) is 10.4. The molecule has 0 heterocycles. The predicted molar refractivity (Wildman–Crippen MR) is 314 cm³/mol. The van der Waals surface area contributed by atoms with E-state index in [0.29, 0.717) is 36.2 Å². The van der Waals surface area contributed by atoms with Crippen LogP contribution in [0.25, 0.3) is 0 Å². The molecule has 0 aromatic heterocycles. The van der Waals surface area contributed by atoms with Crippen LogP contribution >= 0.6 is 0 Å². The number of benzene rings is 4. The second kappa shape index (κ2) is 23.8. The molecule has 0 saturated heterocycles. The molecule has 6 rings (SSSR count). The summed E-state index contributed by atoms with van der Waals surface area (Å²) in [4.78, 5) is 11.8. The summed E-state index contributed by atoms with van der Waals surface area (Å²) in [7, 11) is -5.16. The van der Waals surface area contributed by atoms with Crippen molar-refractivity contribution in [2.75, 3.05) is 6.61 Å². The summed E-state index contributed by atoms with van der Waals surface area (Å²) >= 11 is 0. The minimum absolute atomic E-state index is 0.0117. The summed E-state index contributed by atoms with van der Waals surface area (Å²) in [5, 5.41) is 15.4. The first-order chi connectivity index (χ1) is 33.6. The Labute approximate surface area is 443 Å². The summed E-state index contributed by atoms with van der Waals surface area (Å²) in [5.41, 5.74) is 0.574. The molecular weight excluding hydrogens is 913 g/mol. The molecule has 1 N–H and O–H groups in total. The maximum Gasteiger partial charge on any atom is 0.261 e. The number of aliphatic hydroxyl groups is 1. The van der Waals surface area contributed by atoms with E-state index in [9.17, 15) is 9.90 Å². The van der Waals surface area contributed by atoms with Gasteiger partial charge in [0.2, 0.25) is 0 Å². The lowest BCUT2D eigenvalue weighted by Crippen LogP contribution is -2.68. The van der Waals surface area contributed by atoms with E-state index in [1.807, 2.05) is 0 Å². The van der Waals surface area contributed by atoms with Gasteiger partial charge in [-0.1, -0.05) is 246 Å². The average molecular weight is 1020 g/mol. The van der Waals surface area contributed by atoms with E-state index in [4.69, 9.17) is 8.85 Å². The largest absolute Gasteiger partial charge is 0.404 e. The van der Waals surface area contributed by atoms with Gasteiger partial charge in [-0.15, -0.1) is 0 Å². The van der Waals surface area contributed by atoms with Gasteiger partial charge in [-0.25, -0.2) is 0 Å². The maximum atomic E-state index is 11.8. The molecule has 0 spiro atoms. The summed E-state index contributed by atoms with van der Waals surface area (Å²) < 4.78 is 15.1. The molecule has 2 saturated carbocycles. The van der Waals surface area contributed by atoms with Gasteiger partial charge in [-0.3, -0.25) is 0 Å². The van der Waals surface area contributed by atoms with E-state index in [2.05, 4.69) is 246 Å². The zero-order valence-corrected chi connectivity index (χ0v) is 50.8. The minimum Gasteiger partial charge on any atom is -0.404 e. The Morgan fingerprint density at radius 3 is 1.07 bits per heavy atom. The molecule has 0 aliphatic heterocycles. The first-order valence-corrected chi connectivity index (χ1v) is 32.1. The number of hydrogen-bond acceptors (Lipinski definition) is 4. The monoisotopic (exact) mass is 1010 g/mol. The third-order valence-electron chi connectivity index (χ3n) is 20.2. The molecule has 0 bridgehead atoms. The van der Waals surface area contributed by atoms with Crippen LogP contribution < -0.4 is 20.7 Å². The second-order valence-corrected chi connectivity index (χ2v) is 35.6. The van der Waals surface area contributed by atoms with Gasteiger partial charge in [0.25, 0.3) is 16.6 Å². The molecule has 0 amide bonds. The smallest absolute Gasteiger partial charge is 0.261 e. The van der Waals surface area contributed by atoms with Crippen LogP contribution in [-0.2, 0) is 13.6 Å². The van der Waals surface area contributed by atoms with Crippen molar-refractivity contribution in [1.82, 2.24) is 0 Å². The number of hydrogen-bond donors (Lipinski definition) is 1. The van der Waals surface area contributed by atoms with Crippen LogP contribution in [0.5, 0.6) is 0 Å². The first-order valence-electron chi connectivity index (χ1n) is 28.3. The number of rotatable bonds is 20. The summed E-state index contributed by atoms with van der Waals surface area (Å²) in [6, 6.07) is 44.1. The first kappa shape index (κ1) is 59.7. The molecule has 2 aliphatic carbocycles. The van der Waals surface area contributed by atoms with E-state index in [1.54, 1.807) is 0 Å². The van der Waals surface area contributed by atoms with Crippen LogP contribution in [-0.4, -0.2) is 46.8 Å². The van der Waals surface area contributed by atoms with Crippen LogP contribution in [0.1, 0.15) is 176 Å². The van der Waals surface area contributed by atoms with Gasteiger partial charge in [-0.2, -0.15) is 0 Å². The molecule has 4 aromatic carbocycles. The zero-order valence-electron chi connectivity index (χ0n) is 48.8. The Hall–Kier alpha value is -3.14. The fraction of sp³-hybridized carbons (Fsp3) is 0.621. The normalized spacial score (nSPS) is 24.1.